The predicted molar refractivity (Wildman–Crippen MR) is 53.6 cm³/mol. The molecule has 0 aliphatic carbocycles. The first-order valence-electron chi connectivity index (χ1n) is 4.66. The molecule has 13 heavy (non-hydrogen) atoms. The Hall–Kier alpha value is -1.31. The fourth-order valence-electron chi connectivity index (χ4n) is 1.66. The van der Waals surface area contributed by atoms with Gasteiger partial charge in [-0.2, -0.15) is 0 Å². The number of phenolic OH excluding ortho intramolecular Hbond substituents is 1. The van der Waals surface area contributed by atoms with Crippen molar-refractivity contribution in [3.63, 3.8) is 0 Å². The van der Waals surface area contributed by atoms with Crippen molar-refractivity contribution < 1.29 is 5.11 Å². The maximum Gasteiger partial charge on any atom is 0.124 e. The van der Waals surface area contributed by atoms with Gasteiger partial charge < -0.3 is 5.11 Å². The summed E-state index contributed by atoms with van der Waals surface area (Å²) in [5.41, 5.74) is 3.34. The summed E-state index contributed by atoms with van der Waals surface area (Å²) in [6.45, 7) is 2.94. The number of fused-ring (bicyclic) bond motifs is 1. The Morgan fingerprint density at radius 2 is 2.31 bits per heavy atom. The van der Waals surface area contributed by atoms with Crippen LogP contribution in [0.25, 0.3) is 0 Å². The van der Waals surface area contributed by atoms with Gasteiger partial charge in [-0.05, 0) is 30.0 Å². The summed E-state index contributed by atoms with van der Waals surface area (Å²) in [5, 5.41) is 9.68. The molecule has 0 spiro atoms. The number of hydrogen-bond acceptors (Lipinski definition) is 2. The highest BCUT2D eigenvalue weighted by Gasteiger charge is 2.10. The van der Waals surface area contributed by atoms with Crippen molar-refractivity contribution >= 4 is 6.21 Å². The van der Waals surface area contributed by atoms with Gasteiger partial charge in [-0.1, -0.05) is 13.0 Å². The van der Waals surface area contributed by atoms with Gasteiger partial charge in [-0.25, -0.2) is 0 Å². The molecule has 2 nitrogen and oxygen atoms in total. The highest BCUT2D eigenvalue weighted by atomic mass is 16.3. The zero-order valence-electron chi connectivity index (χ0n) is 7.75. The van der Waals surface area contributed by atoms with E-state index in [4.69, 9.17) is 0 Å². The molecule has 2 heteroatoms. The summed E-state index contributed by atoms with van der Waals surface area (Å²) in [6.07, 6.45) is 3.69. The second-order valence-electron chi connectivity index (χ2n) is 3.33. The van der Waals surface area contributed by atoms with E-state index in [2.05, 4.69) is 18.0 Å². The van der Waals surface area contributed by atoms with Crippen molar-refractivity contribution in [3.8, 4) is 5.75 Å². The lowest BCUT2D eigenvalue weighted by molar-refractivity contribution is 0.472. The Kier molecular flexibility index (Phi) is 2.05. The molecule has 1 N–H and O–H groups in total. The monoisotopic (exact) mass is 175 g/mol. The molecule has 1 aromatic carbocycles. The molecule has 0 atom stereocenters. The van der Waals surface area contributed by atoms with Crippen LogP contribution in [0.5, 0.6) is 5.75 Å². The lowest BCUT2D eigenvalue weighted by Crippen LogP contribution is -2.04. The summed E-state index contributed by atoms with van der Waals surface area (Å²) in [5.74, 6) is 0.373. The molecule has 1 aliphatic rings. The van der Waals surface area contributed by atoms with E-state index in [0.717, 1.165) is 24.9 Å². The van der Waals surface area contributed by atoms with Gasteiger partial charge in [0.1, 0.15) is 5.75 Å². The fraction of sp³-hybridized carbons (Fsp3) is 0.364. The molecular weight excluding hydrogens is 162 g/mol. The minimum atomic E-state index is 0.373. The second-order valence-corrected chi connectivity index (χ2v) is 3.33. The normalized spacial score (nSPS) is 14.2. The Morgan fingerprint density at radius 3 is 3.08 bits per heavy atom. The minimum absolute atomic E-state index is 0.373. The van der Waals surface area contributed by atoms with Gasteiger partial charge in [-0.15, -0.1) is 0 Å². The van der Waals surface area contributed by atoms with Crippen LogP contribution in [0.3, 0.4) is 0 Å². The highest BCUT2D eigenvalue weighted by molar-refractivity contribution is 5.86. The third kappa shape index (κ3) is 1.44. The van der Waals surface area contributed by atoms with Crippen LogP contribution in [-0.2, 0) is 12.8 Å². The van der Waals surface area contributed by atoms with Gasteiger partial charge in [0, 0.05) is 18.3 Å². The van der Waals surface area contributed by atoms with Crippen LogP contribution in [0, 0.1) is 0 Å². The van der Waals surface area contributed by atoms with E-state index < -0.39 is 0 Å². The van der Waals surface area contributed by atoms with Crippen molar-refractivity contribution in [2.45, 2.75) is 19.8 Å². The van der Waals surface area contributed by atoms with Crippen molar-refractivity contribution in [2.75, 3.05) is 6.54 Å². The van der Waals surface area contributed by atoms with Crippen LogP contribution < -0.4 is 0 Å². The van der Waals surface area contributed by atoms with Crippen LogP contribution in [0.15, 0.2) is 17.1 Å². The molecule has 0 saturated carbocycles. The van der Waals surface area contributed by atoms with Crippen molar-refractivity contribution in [2.24, 2.45) is 4.99 Å². The van der Waals surface area contributed by atoms with E-state index in [1.54, 1.807) is 6.21 Å². The van der Waals surface area contributed by atoms with Crippen LogP contribution in [0.1, 0.15) is 23.6 Å². The van der Waals surface area contributed by atoms with E-state index in [-0.39, 0.29) is 0 Å². The summed E-state index contributed by atoms with van der Waals surface area (Å²) < 4.78 is 0. The second kappa shape index (κ2) is 3.21. The number of aryl methyl sites for hydroxylation is 1. The van der Waals surface area contributed by atoms with Crippen molar-refractivity contribution in [3.05, 3.63) is 28.8 Å². The maximum absolute atomic E-state index is 9.68. The summed E-state index contributed by atoms with van der Waals surface area (Å²) in [7, 11) is 0. The molecule has 68 valence electrons. The van der Waals surface area contributed by atoms with Gasteiger partial charge in [0.2, 0.25) is 0 Å². The number of aromatic hydroxyl groups is 1. The van der Waals surface area contributed by atoms with E-state index in [0.29, 0.717) is 5.75 Å². The quantitative estimate of drug-likeness (QED) is 0.695. The van der Waals surface area contributed by atoms with E-state index in [1.165, 1.54) is 11.1 Å². The molecule has 0 amide bonds. The number of benzene rings is 1. The topological polar surface area (TPSA) is 32.6 Å². The van der Waals surface area contributed by atoms with Crippen LogP contribution >= 0.6 is 0 Å². The van der Waals surface area contributed by atoms with Gasteiger partial charge in [-0.3, -0.25) is 4.99 Å². The number of aliphatic imine (C=N–C) groups is 1. The lowest BCUT2D eigenvalue weighted by atomic mass is 9.98. The van der Waals surface area contributed by atoms with Crippen LogP contribution in [0.4, 0.5) is 0 Å². The highest BCUT2D eigenvalue weighted by Crippen LogP contribution is 2.24. The minimum Gasteiger partial charge on any atom is -0.507 e. The van der Waals surface area contributed by atoms with E-state index in [1.807, 2.05) is 6.07 Å². The molecule has 2 rings (SSSR count). The predicted octanol–water partition coefficient (Wildman–Crippen LogP) is 1.93. The third-order valence-corrected chi connectivity index (χ3v) is 2.44. The molecule has 1 aliphatic heterocycles. The number of hydrogen-bond donors (Lipinski definition) is 1. The third-order valence-electron chi connectivity index (χ3n) is 2.44. The molecule has 0 radical (unpaired) electrons. The average Bonchev–Trinajstić information content (AvgIpc) is 2.18. The standard InChI is InChI=1S/C11H13NO/c1-2-8-5-9-3-4-12-7-10(9)11(13)6-8/h5-7,13H,2-4H2,1H3. The number of phenols is 1. The summed E-state index contributed by atoms with van der Waals surface area (Å²) in [4.78, 5) is 4.15. The zero-order chi connectivity index (χ0) is 9.26. The van der Waals surface area contributed by atoms with Crippen molar-refractivity contribution in [1.82, 2.24) is 0 Å². The molecular formula is C11H13NO. The molecule has 0 unspecified atom stereocenters. The summed E-state index contributed by atoms with van der Waals surface area (Å²) in [6, 6.07) is 4.00. The van der Waals surface area contributed by atoms with Gasteiger partial charge in [0.25, 0.3) is 0 Å². The van der Waals surface area contributed by atoms with Crippen LogP contribution in [0.2, 0.25) is 0 Å². The molecule has 0 bridgehead atoms. The molecule has 0 saturated heterocycles. The SMILES string of the molecule is CCc1cc(O)c2c(c1)CCN=C2. The van der Waals surface area contributed by atoms with E-state index >= 15 is 0 Å². The maximum atomic E-state index is 9.68. The smallest absolute Gasteiger partial charge is 0.124 e. The first kappa shape index (κ1) is 8.30. The van der Waals surface area contributed by atoms with Gasteiger partial charge in [0.15, 0.2) is 0 Å². The fourth-order valence-corrected chi connectivity index (χ4v) is 1.66. The summed E-state index contributed by atoms with van der Waals surface area (Å²) >= 11 is 0. The number of rotatable bonds is 1. The Balaban J connectivity index is 2.54. The first-order valence-corrected chi connectivity index (χ1v) is 4.66. The number of nitrogens with zero attached hydrogens (tertiary/aromatic N) is 1. The largest absolute Gasteiger partial charge is 0.507 e. The first-order chi connectivity index (χ1) is 6.31. The van der Waals surface area contributed by atoms with E-state index in [9.17, 15) is 5.11 Å². The van der Waals surface area contributed by atoms with Crippen LogP contribution in [-0.4, -0.2) is 17.9 Å². The Labute approximate surface area is 77.9 Å². The van der Waals surface area contributed by atoms with Gasteiger partial charge in [0.05, 0.1) is 0 Å². The zero-order valence-corrected chi connectivity index (χ0v) is 7.75. The molecule has 0 aromatic heterocycles. The van der Waals surface area contributed by atoms with Crippen molar-refractivity contribution in [1.29, 1.82) is 0 Å². The molecule has 1 aromatic rings. The van der Waals surface area contributed by atoms with Gasteiger partial charge >= 0.3 is 0 Å². The molecule has 0 fully saturated rings. The average molecular weight is 175 g/mol. The Bertz CT molecular complexity index is 355. The lowest BCUT2D eigenvalue weighted by Gasteiger charge is -2.12. The molecule has 1 heterocycles. The Morgan fingerprint density at radius 1 is 1.46 bits per heavy atom.